The third kappa shape index (κ3) is 4.68. The summed E-state index contributed by atoms with van der Waals surface area (Å²) in [5.41, 5.74) is -1.09. The molecule has 0 N–H and O–H groups in total. The molecule has 19 heavy (non-hydrogen) atoms. The van der Waals surface area contributed by atoms with Crippen LogP contribution in [0.1, 0.15) is 58.8 Å². The Morgan fingerprint density at radius 1 is 1.26 bits per heavy atom. The number of carbonyl (C=O) groups is 2. The second-order valence-corrected chi connectivity index (χ2v) is 5.74. The molecule has 1 atom stereocenters. The van der Waals surface area contributed by atoms with Crippen molar-refractivity contribution in [2.45, 2.75) is 69.8 Å². The number of halogens is 1. The number of carbonyl (C=O) groups excluding carboxylic acids is 2. The van der Waals surface area contributed by atoms with Gasteiger partial charge in [0.1, 0.15) is 5.38 Å². The number of alkyl halides is 1. The molecule has 0 radical (unpaired) electrons. The van der Waals surface area contributed by atoms with Crippen LogP contribution in [0.25, 0.3) is 0 Å². The summed E-state index contributed by atoms with van der Waals surface area (Å²) in [5, 5.41) is -0.745. The van der Waals surface area contributed by atoms with Crippen molar-refractivity contribution in [3.05, 3.63) is 0 Å². The first-order valence-corrected chi connectivity index (χ1v) is 7.49. The van der Waals surface area contributed by atoms with Crippen LogP contribution in [0.2, 0.25) is 0 Å². The Hall–Kier alpha value is -0.770. The van der Waals surface area contributed by atoms with Gasteiger partial charge < -0.3 is 9.47 Å². The van der Waals surface area contributed by atoms with E-state index in [1.54, 1.807) is 6.92 Å². The highest BCUT2D eigenvalue weighted by Gasteiger charge is 2.46. The van der Waals surface area contributed by atoms with Gasteiger partial charge in [-0.25, -0.2) is 4.79 Å². The maximum absolute atomic E-state index is 12.1. The molecule has 0 unspecified atom stereocenters. The molecule has 0 amide bonds. The predicted molar refractivity (Wildman–Crippen MR) is 73.1 cm³/mol. The van der Waals surface area contributed by atoms with Gasteiger partial charge in [-0.2, -0.15) is 0 Å². The Morgan fingerprint density at radius 2 is 1.89 bits per heavy atom. The van der Waals surface area contributed by atoms with E-state index in [-0.39, 0.29) is 0 Å². The lowest BCUT2D eigenvalue weighted by Crippen LogP contribution is -2.43. The van der Waals surface area contributed by atoms with E-state index in [0.717, 1.165) is 32.1 Å². The summed E-state index contributed by atoms with van der Waals surface area (Å²) < 4.78 is 10.6. The molecule has 4 nitrogen and oxygen atoms in total. The van der Waals surface area contributed by atoms with Gasteiger partial charge >= 0.3 is 11.9 Å². The summed E-state index contributed by atoms with van der Waals surface area (Å²) in [6.07, 6.45) is 5.75. The molecule has 1 saturated carbocycles. The minimum absolute atomic E-state index is 0.391. The van der Waals surface area contributed by atoms with Crippen LogP contribution in [0.15, 0.2) is 0 Å². The minimum Gasteiger partial charge on any atom is -0.463 e. The third-order valence-corrected chi connectivity index (χ3v) is 3.56. The van der Waals surface area contributed by atoms with E-state index in [4.69, 9.17) is 21.1 Å². The van der Waals surface area contributed by atoms with E-state index < -0.39 is 22.9 Å². The number of hydrogen-bond acceptors (Lipinski definition) is 4. The number of unbranched alkanes of at least 4 members (excludes halogenated alkanes) is 2. The fourth-order valence-electron chi connectivity index (χ4n) is 2.22. The quantitative estimate of drug-likeness (QED) is 0.410. The van der Waals surface area contributed by atoms with E-state index in [0.29, 0.717) is 19.4 Å². The maximum atomic E-state index is 12.1. The first-order chi connectivity index (χ1) is 9.02. The topological polar surface area (TPSA) is 52.6 Å². The van der Waals surface area contributed by atoms with Crippen LogP contribution in [0.4, 0.5) is 0 Å². The van der Waals surface area contributed by atoms with Crippen LogP contribution < -0.4 is 0 Å². The van der Waals surface area contributed by atoms with Crippen molar-refractivity contribution in [3.63, 3.8) is 0 Å². The molecule has 0 aromatic heterocycles. The van der Waals surface area contributed by atoms with Gasteiger partial charge in [0.15, 0.2) is 0 Å². The minimum atomic E-state index is -1.09. The third-order valence-electron chi connectivity index (χ3n) is 3.39. The van der Waals surface area contributed by atoms with E-state index in [1.807, 2.05) is 0 Å². The van der Waals surface area contributed by atoms with Crippen LogP contribution in [-0.2, 0) is 19.1 Å². The van der Waals surface area contributed by atoms with E-state index in [2.05, 4.69) is 6.92 Å². The average Bonchev–Trinajstić information content (AvgIpc) is 2.84. The molecule has 0 aromatic carbocycles. The zero-order valence-corrected chi connectivity index (χ0v) is 12.5. The number of esters is 2. The zero-order chi connectivity index (χ0) is 14.3. The molecular weight excluding hydrogens is 268 g/mol. The van der Waals surface area contributed by atoms with Gasteiger partial charge in [0.2, 0.25) is 5.60 Å². The van der Waals surface area contributed by atoms with Crippen molar-refractivity contribution < 1.29 is 19.1 Å². The van der Waals surface area contributed by atoms with Crippen molar-refractivity contribution in [1.29, 1.82) is 0 Å². The van der Waals surface area contributed by atoms with Crippen LogP contribution in [-0.4, -0.2) is 29.5 Å². The smallest absolute Gasteiger partial charge is 0.350 e. The highest BCUT2D eigenvalue weighted by molar-refractivity contribution is 6.29. The standard InChI is InChI=1S/C14H23ClO4/c1-3-4-7-10-18-13(17)14(8-5-6-9-14)19-12(16)11(2)15/h11H,3-10H2,1-2H3/t11-/m1/s1. The molecule has 0 spiro atoms. The fraction of sp³-hybridized carbons (Fsp3) is 0.857. The second kappa shape index (κ2) is 7.73. The van der Waals surface area contributed by atoms with Gasteiger partial charge in [0.25, 0.3) is 0 Å². The van der Waals surface area contributed by atoms with Gasteiger partial charge in [0, 0.05) is 0 Å². The van der Waals surface area contributed by atoms with Crippen LogP contribution in [0.5, 0.6) is 0 Å². The van der Waals surface area contributed by atoms with Gasteiger partial charge in [0.05, 0.1) is 6.61 Å². The molecule has 0 bridgehead atoms. The lowest BCUT2D eigenvalue weighted by Gasteiger charge is -2.27. The monoisotopic (exact) mass is 290 g/mol. The lowest BCUT2D eigenvalue weighted by molar-refractivity contribution is -0.182. The van der Waals surface area contributed by atoms with Crippen molar-refractivity contribution in [1.82, 2.24) is 0 Å². The highest BCUT2D eigenvalue weighted by Crippen LogP contribution is 2.35. The Bertz CT molecular complexity index is 309. The first-order valence-electron chi connectivity index (χ1n) is 7.06. The van der Waals surface area contributed by atoms with Crippen molar-refractivity contribution in [2.75, 3.05) is 6.61 Å². The molecular formula is C14H23ClO4. The second-order valence-electron chi connectivity index (χ2n) is 5.08. The van der Waals surface area contributed by atoms with E-state index in [1.165, 1.54) is 0 Å². The lowest BCUT2D eigenvalue weighted by atomic mass is 10.0. The fourth-order valence-corrected chi connectivity index (χ4v) is 2.26. The SMILES string of the molecule is CCCCCOC(=O)C1(OC(=O)[C@@H](C)Cl)CCCC1. The van der Waals surface area contributed by atoms with E-state index in [9.17, 15) is 9.59 Å². The highest BCUT2D eigenvalue weighted by atomic mass is 35.5. The Labute approximate surface area is 119 Å². The molecule has 0 saturated heterocycles. The Balaban J connectivity index is 2.55. The predicted octanol–water partition coefficient (Wildman–Crippen LogP) is 3.20. The summed E-state index contributed by atoms with van der Waals surface area (Å²) >= 11 is 5.69. The van der Waals surface area contributed by atoms with Crippen molar-refractivity contribution >= 4 is 23.5 Å². The van der Waals surface area contributed by atoms with Gasteiger partial charge in [-0.15, -0.1) is 11.6 Å². The molecule has 0 aliphatic heterocycles. The number of rotatable bonds is 7. The number of hydrogen-bond donors (Lipinski definition) is 0. The van der Waals surface area contributed by atoms with Crippen LogP contribution in [0.3, 0.4) is 0 Å². The molecule has 1 rings (SSSR count). The molecule has 1 aliphatic carbocycles. The normalized spacial score (nSPS) is 18.9. The summed E-state index contributed by atoms with van der Waals surface area (Å²) in [4.78, 5) is 23.8. The average molecular weight is 291 g/mol. The van der Waals surface area contributed by atoms with Gasteiger partial charge in [-0.3, -0.25) is 4.79 Å². The van der Waals surface area contributed by atoms with Crippen LogP contribution >= 0.6 is 11.6 Å². The zero-order valence-electron chi connectivity index (χ0n) is 11.7. The molecule has 0 aromatic rings. The molecule has 0 heterocycles. The summed E-state index contributed by atoms with van der Waals surface area (Å²) in [6.45, 7) is 4.02. The molecule has 1 aliphatic rings. The number of ether oxygens (including phenoxy) is 2. The molecule has 110 valence electrons. The van der Waals surface area contributed by atoms with Gasteiger partial charge in [-0.1, -0.05) is 19.8 Å². The van der Waals surface area contributed by atoms with Crippen molar-refractivity contribution in [2.24, 2.45) is 0 Å². The van der Waals surface area contributed by atoms with Crippen molar-refractivity contribution in [3.8, 4) is 0 Å². The largest absolute Gasteiger partial charge is 0.463 e. The Morgan fingerprint density at radius 3 is 2.42 bits per heavy atom. The van der Waals surface area contributed by atoms with E-state index >= 15 is 0 Å². The molecule has 5 heteroatoms. The van der Waals surface area contributed by atoms with Crippen LogP contribution in [0, 0.1) is 0 Å². The summed E-state index contributed by atoms with van der Waals surface area (Å²) in [5.74, 6) is -0.958. The summed E-state index contributed by atoms with van der Waals surface area (Å²) in [6, 6.07) is 0. The van der Waals surface area contributed by atoms with Gasteiger partial charge in [-0.05, 0) is 39.0 Å². The first kappa shape index (κ1) is 16.3. The Kier molecular flexibility index (Phi) is 6.63. The maximum Gasteiger partial charge on any atom is 0.350 e. The summed E-state index contributed by atoms with van der Waals surface area (Å²) in [7, 11) is 0. The molecule has 1 fully saturated rings.